The number of aryl methyl sites for hydroxylation is 1. The summed E-state index contributed by atoms with van der Waals surface area (Å²) in [7, 11) is 0. The van der Waals surface area contributed by atoms with E-state index in [0.717, 1.165) is 27.6 Å². The number of anilines is 1. The molecule has 0 aliphatic carbocycles. The number of hydrogen-bond acceptors (Lipinski definition) is 5. The average Bonchev–Trinajstić information content (AvgIpc) is 2.94. The molecule has 136 valence electrons. The van der Waals surface area contributed by atoms with E-state index in [4.69, 9.17) is 33.7 Å². The quantitative estimate of drug-likeness (QED) is 0.548. The maximum absolute atomic E-state index is 6.13. The number of benzene rings is 1. The summed E-state index contributed by atoms with van der Waals surface area (Å²) in [6.07, 6.45) is 2.17. The summed E-state index contributed by atoms with van der Waals surface area (Å²) < 4.78 is 6.13. The highest BCUT2D eigenvalue weighted by Crippen LogP contribution is 2.38. The zero-order valence-electron chi connectivity index (χ0n) is 14.3. The Balaban J connectivity index is 1.91. The van der Waals surface area contributed by atoms with Gasteiger partial charge in [-0.05, 0) is 43.7 Å². The van der Waals surface area contributed by atoms with Crippen LogP contribution in [-0.4, -0.2) is 15.2 Å². The van der Waals surface area contributed by atoms with Crippen LogP contribution in [0.25, 0.3) is 0 Å². The number of nitrogens with two attached hydrogens (primary N) is 1. The molecule has 0 spiro atoms. The summed E-state index contributed by atoms with van der Waals surface area (Å²) in [6, 6.07) is 9.03. The van der Waals surface area contributed by atoms with E-state index in [2.05, 4.69) is 15.2 Å². The summed E-state index contributed by atoms with van der Waals surface area (Å²) >= 11 is 13.7. The van der Waals surface area contributed by atoms with Gasteiger partial charge in [-0.15, -0.1) is 0 Å². The van der Waals surface area contributed by atoms with Gasteiger partial charge in [0.25, 0.3) is 0 Å². The lowest BCUT2D eigenvalue weighted by Gasteiger charge is -2.19. The smallest absolute Gasteiger partial charge is 0.166 e. The van der Waals surface area contributed by atoms with Gasteiger partial charge in [0, 0.05) is 26.7 Å². The Bertz CT molecular complexity index is 896. The number of aromatic amines is 1. The van der Waals surface area contributed by atoms with Crippen LogP contribution in [0.1, 0.15) is 30.7 Å². The van der Waals surface area contributed by atoms with Crippen LogP contribution in [0, 0.1) is 6.92 Å². The number of nitrogens with zero attached hydrogens (tertiary/aromatic N) is 2. The summed E-state index contributed by atoms with van der Waals surface area (Å²) in [5, 5.41) is 9.49. The van der Waals surface area contributed by atoms with Crippen LogP contribution in [-0.2, 0) is 0 Å². The van der Waals surface area contributed by atoms with Crippen LogP contribution in [0.5, 0.6) is 5.75 Å². The van der Waals surface area contributed by atoms with Crippen molar-refractivity contribution in [2.45, 2.75) is 36.3 Å². The lowest BCUT2D eigenvalue weighted by atomic mass is 10.1. The minimum atomic E-state index is -0.211. The van der Waals surface area contributed by atoms with Gasteiger partial charge in [0.1, 0.15) is 11.1 Å². The van der Waals surface area contributed by atoms with Crippen LogP contribution in [0.2, 0.25) is 10.0 Å². The fraction of sp³-hybridized carbons (Fsp3) is 0.222. The number of hydrogen-bond donors (Lipinski definition) is 2. The molecule has 0 amide bonds. The van der Waals surface area contributed by atoms with Crippen molar-refractivity contribution in [1.82, 2.24) is 15.2 Å². The molecule has 0 aliphatic heterocycles. The van der Waals surface area contributed by atoms with Crippen LogP contribution >= 0.6 is 35.0 Å². The van der Waals surface area contributed by atoms with Gasteiger partial charge in [-0.3, -0.25) is 5.10 Å². The Morgan fingerprint density at radius 1 is 1.27 bits per heavy atom. The normalized spacial score (nSPS) is 12.2. The highest BCUT2D eigenvalue weighted by molar-refractivity contribution is 7.99. The highest BCUT2D eigenvalue weighted by atomic mass is 35.5. The summed E-state index contributed by atoms with van der Waals surface area (Å²) in [5.74, 6) is 0.921. The zero-order valence-corrected chi connectivity index (χ0v) is 16.6. The zero-order chi connectivity index (χ0) is 18.7. The lowest BCUT2D eigenvalue weighted by Crippen LogP contribution is -2.10. The van der Waals surface area contributed by atoms with Crippen LogP contribution < -0.4 is 10.5 Å². The monoisotopic (exact) mass is 408 g/mol. The van der Waals surface area contributed by atoms with E-state index >= 15 is 0 Å². The van der Waals surface area contributed by atoms with E-state index in [1.807, 2.05) is 32.0 Å². The number of ether oxygens (including phenoxy) is 1. The molecule has 0 aliphatic rings. The van der Waals surface area contributed by atoms with Crippen LogP contribution in [0.3, 0.4) is 0 Å². The van der Waals surface area contributed by atoms with Gasteiger partial charge in [-0.2, -0.15) is 5.10 Å². The predicted molar refractivity (Wildman–Crippen MR) is 106 cm³/mol. The fourth-order valence-electron chi connectivity index (χ4n) is 2.58. The van der Waals surface area contributed by atoms with Gasteiger partial charge >= 0.3 is 0 Å². The Hall–Kier alpha value is -1.89. The Morgan fingerprint density at radius 2 is 2.00 bits per heavy atom. The number of H-pyrrole nitrogens is 1. The molecule has 1 unspecified atom stereocenters. The Kier molecular flexibility index (Phi) is 5.96. The number of nitrogens with one attached hydrogen (secondary N) is 1. The van der Waals surface area contributed by atoms with Crippen molar-refractivity contribution in [3.05, 3.63) is 57.8 Å². The summed E-state index contributed by atoms with van der Waals surface area (Å²) in [5.41, 5.74) is 7.77. The van der Waals surface area contributed by atoms with Crippen LogP contribution in [0.4, 0.5) is 5.82 Å². The molecule has 3 aromatic rings. The van der Waals surface area contributed by atoms with E-state index in [1.54, 1.807) is 18.3 Å². The van der Waals surface area contributed by atoms with Gasteiger partial charge in [-0.25, -0.2) is 4.98 Å². The molecular weight excluding hydrogens is 391 g/mol. The standard InChI is InChI=1S/C18H18Cl2N4OS/c1-3-14(25-15-5-4-6-22-17(15)21)16-10(2)23-24-18(16)26-13-8-11(19)7-12(20)9-13/h4-9,14H,3H2,1-2H3,(H2,21,22)(H,23,24). The van der Waals surface area contributed by atoms with Crippen molar-refractivity contribution in [2.24, 2.45) is 0 Å². The maximum Gasteiger partial charge on any atom is 0.166 e. The van der Waals surface area contributed by atoms with Crippen molar-refractivity contribution in [3.8, 4) is 5.75 Å². The van der Waals surface area contributed by atoms with Crippen molar-refractivity contribution in [1.29, 1.82) is 0 Å². The third-order valence-corrected chi connectivity index (χ3v) is 5.20. The molecule has 1 aromatic carbocycles. The largest absolute Gasteiger partial charge is 0.482 e. The number of pyridine rings is 1. The second-order valence-electron chi connectivity index (χ2n) is 5.66. The Morgan fingerprint density at radius 3 is 2.65 bits per heavy atom. The van der Waals surface area contributed by atoms with Crippen LogP contribution in [0.15, 0.2) is 46.5 Å². The lowest BCUT2D eigenvalue weighted by molar-refractivity contribution is 0.198. The molecule has 26 heavy (non-hydrogen) atoms. The minimum absolute atomic E-state index is 0.211. The predicted octanol–water partition coefficient (Wildman–Crippen LogP) is 5.68. The first-order valence-corrected chi connectivity index (χ1v) is 9.61. The van der Waals surface area contributed by atoms with Crippen molar-refractivity contribution in [3.63, 3.8) is 0 Å². The molecule has 2 heterocycles. The summed E-state index contributed by atoms with van der Waals surface area (Å²) in [6.45, 7) is 3.99. The Labute approximate surface area is 166 Å². The average molecular weight is 409 g/mol. The summed E-state index contributed by atoms with van der Waals surface area (Å²) in [4.78, 5) is 4.99. The number of nitrogen functional groups attached to an aromatic ring is 1. The molecule has 1 atom stereocenters. The van der Waals surface area contributed by atoms with E-state index < -0.39 is 0 Å². The molecule has 5 nitrogen and oxygen atoms in total. The van der Waals surface area contributed by atoms with Gasteiger partial charge in [0.05, 0.1) is 5.69 Å². The first-order valence-electron chi connectivity index (χ1n) is 8.04. The van der Waals surface area contributed by atoms with Gasteiger partial charge in [0.2, 0.25) is 0 Å². The molecule has 0 fully saturated rings. The third kappa shape index (κ3) is 4.26. The molecule has 3 N–H and O–H groups in total. The molecule has 8 heteroatoms. The van der Waals surface area contributed by atoms with Crippen molar-refractivity contribution >= 4 is 40.8 Å². The minimum Gasteiger partial charge on any atom is -0.482 e. The molecular formula is C18H18Cl2N4OS. The van der Waals surface area contributed by atoms with E-state index in [9.17, 15) is 0 Å². The topological polar surface area (TPSA) is 76.8 Å². The molecule has 0 bridgehead atoms. The van der Waals surface area contributed by atoms with Gasteiger partial charge < -0.3 is 10.5 Å². The van der Waals surface area contributed by atoms with Crippen molar-refractivity contribution < 1.29 is 4.74 Å². The molecule has 0 saturated heterocycles. The highest BCUT2D eigenvalue weighted by Gasteiger charge is 2.23. The number of halogens is 2. The molecule has 0 saturated carbocycles. The van der Waals surface area contributed by atoms with Gasteiger partial charge in [-0.1, -0.05) is 41.9 Å². The maximum atomic E-state index is 6.13. The van der Waals surface area contributed by atoms with E-state index in [-0.39, 0.29) is 6.10 Å². The van der Waals surface area contributed by atoms with E-state index in [0.29, 0.717) is 21.6 Å². The molecule has 0 radical (unpaired) electrons. The van der Waals surface area contributed by atoms with Crippen molar-refractivity contribution in [2.75, 3.05) is 5.73 Å². The number of aromatic nitrogens is 3. The number of rotatable bonds is 6. The first kappa shape index (κ1) is 18.9. The second-order valence-corrected chi connectivity index (χ2v) is 7.62. The SMILES string of the molecule is CCC(Oc1cccnc1N)c1c(C)n[nH]c1Sc1cc(Cl)cc(Cl)c1. The molecule has 3 rings (SSSR count). The molecule has 2 aromatic heterocycles. The second kappa shape index (κ2) is 8.20. The van der Waals surface area contributed by atoms with Gasteiger partial charge in [0.15, 0.2) is 11.6 Å². The van der Waals surface area contributed by atoms with E-state index in [1.165, 1.54) is 11.8 Å². The fourth-order valence-corrected chi connectivity index (χ4v) is 4.33. The third-order valence-electron chi connectivity index (χ3n) is 3.78. The first-order chi connectivity index (χ1) is 12.5.